The zero-order valence-corrected chi connectivity index (χ0v) is 11.1. The Bertz CT molecular complexity index is 397. The number of rotatable bonds is 6. The van der Waals surface area contributed by atoms with E-state index in [0.717, 1.165) is 25.9 Å². The smallest absolute Gasteiger partial charge is 0.323 e. The lowest BCUT2D eigenvalue weighted by Crippen LogP contribution is -2.31. The summed E-state index contributed by atoms with van der Waals surface area (Å²) in [6.45, 7) is 4.04. The van der Waals surface area contributed by atoms with E-state index in [1.807, 2.05) is 6.92 Å². The summed E-state index contributed by atoms with van der Waals surface area (Å²) in [5.41, 5.74) is 2.41. The third kappa shape index (κ3) is 4.18. The predicted molar refractivity (Wildman–Crippen MR) is 70.9 cm³/mol. The molecule has 0 aliphatic carbocycles. The van der Waals surface area contributed by atoms with Gasteiger partial charge in [-0.3, -0.25) is 5.43 Å². The third-order valence-electron chi connectivity index (χ3n) is 2.67. The zero-order chi connectivity index (χ0) is 13.5. The van der Waals surface area contributed by atoms with Crippen LogP contribution in [0.25, 0.3) is 0 Å². The van der Waals surface area contributed by atoms with E-state index < -0.39 is 0 Å². The number of nitrogens with two attached hydrogens (primary N) is 1. The minimum absolute atomic E-state index is 0.209. The van der Waals surface area contributed by atoms with Crippen LogP contribution in [0.1, 0.15) is 26.2 Å². The van der Waals surface area contributed by atoms with Crippen molar-refractivity contribution < 1.29 is 9.47 Å². The highest BCUT2D eigenvalue weighted by Gasteiger charge is 2.16. The van der Waals surface area contributed by atoms with Crippen molar-refractivity contribution in [3.8, 4) is 6.01 Å². The fourth-order valence-electron chi connectivity index (χ4n) is 1.78. The number of nitrogens with zero attached hydrogens (tertiary/aromatic N) is 3. The Morgan fingerprint density at radius 3 is 2.89 bits per heavy atom. The lowest BCUT2D eigenvalue weighted by molar-refractivity contribution is 0.0873. The van der Waals surface area contributed by atoms with Gasteiger partial charge in [-0.25, -0.2) is 5.84 Å². The van der Waals surface area contributed by atoms with Crippen molar-refractivity contribution >= 4 is 11.9 Å². The Balaban J connectivity index is 2.04. The first-order valence-electron chi connectivity index (χ1n) is 6.51. The summed E-state index contributed by atoms with van der Waals surface area (Å²) < 4.78 is 10.8. The molecule has 1 unspecified atom stereocenters. The molecule has 2 rings (SSSR count). The molecule has 0 amide bonds. The molecule has 4 N–H and O–H groups in total. The molecule has 1 aromatic rings. The fraction of sp³-hybridized carbons (Fsp3) is 0.727. The molecular formula is C11H20N6O2. The summed E-state index contributed by atoms with van der Waals surface area (Å²) in [6, 6.07) is 0.477. The number of hydrazine groups is 1. The molecule has 1 aromatic heterocycles. The predicted octanol–water partition coefficient (Wildman–Crippen LogP) is 0.537. The van der Waals surface area contributed by atoms with Gasteiger partial charge in [0.25, 0.3) is 0 Å². The van der Waals surface area contributed by atoms with E-state index in [2.05, 4.69) is 25.7 Å². The maximum Gasteiger partial charge on any atom is 0.323 e. The maximum atomic E-state index is 5.40. The topological polar surface area (TPSA) is 107 Å². The summed E-state index contributed by atoms with van der Waals surface area (Å²) in [6.07, 6.45) is 2.95. The monoisotopic (exact) mass is 268 g/mol. The van der Waals surface area contributed by atoms with Gasteiger partial charge in [0, 0.05) is 6.61 Å². The van der Waals surface area contributed by atoms with Crippen LogP contribution in [0.3, 0.4) is 0 Å². The van der Waals surface area contributed by atoms with E-state index in [1.165, 1.54) is 0 Å². The molecule has 0 radical (unpaired) electrons. The Morgan fingerprint density at radius 1 is 1.37 bits per heavy atom. The van der Waals surface area contributed by atoms with Gasteiger partial charge in [-0.05, 0) is 19.3 Å². The van der Waals surface area contributed by atoms with Crippen LogP contribution in [0, 0.1) is 0 Å². The second-order valence-corrected chi connectivity index (χ2v) is 4.32. The highest BCUT2D eigenvalue weighted by Crippen LogP contribution is 2.15. The molecule has 106 valence electrons. The van der Waals surface area contributed by atoms with E-state index in [1.54, 1.807) is 0 Å². The minimum Gasteiger partial charge on any atom is -0.463 e. The van der Waals surface area contributed by atoms with Crippen molar-refractivity contribution in [1.29, 1.82) is 0 Å². The van der Waals surface area contributed by atoms with Crippen LogP contribution in [0.4, 0.5) is 11.9 Å². The molecule has 0 saturated carbocycles. The number of ether oxygens (including phenoxy) is 2. The van der Waals surface area contributed by atoms with E-state index in [4.69, 9.17) is 15.3 Å². The van der Waals surface area contributed by atoms with Crippen LogP contribution in [-0.4, -0.2) is 40.8 Å². The molecule has 19 heavy (non-hydrogen) atoms. The Kier molecular flexibility index (Phi) is 5.10. The molecule has 1 atom stereocenters. The van der Waals surface area contributed by atoms with Crippen molar-refractivity contribution in [3.05, 3.63) is 0 Å². The highest BCUT2D eigenvalue weighted by molar-refractivity contribution is 5.35. The Morgan fingerprint density at radius 2 is 2.21 bits per heavy atom. The molecule has 1 aliphatic rings. The highest BCUT2D eigenvalue weighted by atomic mass is 16.5. The summed E-state index contributed by atoms with van der Waals surface area (Å²) in [7, 11) is 0. The van der Waals surface area contributed by atoms with Crippen molar-refractivity contribution in [1.82, 2.24) is 15.0 Å². The second kappa shape index (κ2) is 7.05. The first-order chi connectivity index (χ1) is 9.31. The average molecular weight is 268 g/mol. The van der Waals surface area contributed by atoms with Crippen LogP contribution in [0.2, 0.25) is 0 Å². The first-order valence-corrected chi connectivity index (χ1v) is 6.51. The lowest BCUT2D eigenvalue weighted by atomic mass is 10.1. The summed E-state index contributed by atoms with van der Waals surface area (Å²) >= 11 is 0. The van der Waals surface area contributed by atoms with Crippen LogP contribution in [-0.2, 0) is 4.74 Å². The fourth-order valence-corrected chi connectivity index (χ4v) is 1.78. The zero-order valence-electron chi connectivity index (χ0n) is 11.1. The number of nitrogens with one attached hydrogen (secondary N) is 2. The number of hydrogen-bond donors (Lipinski definition) is 3. The lowest BCUT2D eigenvalue weighted by Gasteiger charge is -2.23. The van der Waals surface area contributed by atoms with Gasteiger partial charge >= 0.3 is 6.01 Å². The molecule has 1 aliphatic heterocycles. The van der Waals surface area contributed by atoms with Crippen LogP contribution < -0.4 is 21.3 Å². The Labute approximate surface area is 112 Å². The van der Waals surface area contributed by atoms with E-state index >= 15 is 0 Å². The van der Waals surface area contributed by atoms with Crippen molar-refractivity contribution in [3.63, 3.8) is 0 Å². The van der Waals surface area contributed by atoms with E-state index in [9.17, 15) is 0 Å². The van der Waals surface area contributed by atoms with E-state index in [0.29, 0.717) is 19.2 Å². The van der Waals surface area contributed by atoms with Gasteiger partial charge < -0.3 is 14.8 Å². The van der Waals surface area contributed by atoms with Gasteiger partial charge in [0.2, 0.25) is 11.9 Å². The van der Waals surface area contributed by atoms with Gasteiger partial charge in [-0.15, -0.1) is 0 Å². The molecule has 8 nitrogen and oxygen atoms in total. The summed E-state index contributed by atoms with van der Waals surface area (Å²) in [4.78, 5) is 12.4. The van der Waals surface area contributed by atoms with Crippen LogP contribution >= 0.6 is 0 Å². The standard InChI is InChI=1S/C11H20N6O2/c1-2-5-19-11-15-9(14-10(16-11)17-12)13-8-4-3-6-18-7-8/h8H,2-7,12H2,1H3,(H2,13,14,15,16,17). The summed E-state index contributed by atoms with van der Waals surface area (Å²) in [5, 5.41) is 3.21. The quantitative estimate of drug-likeness (QED) is 0.507. The van der Waals surface area contributed by atoms with Gasteiger partial charge in [0.15, 0.2) is 0 Å². The maximum absolute atomic E-state index is 5.40. The van der Waals surface area contributed by atoms with Gasteiger partial charge in [0.1, 0.15) is 0 Å². The van der Waals surface area contributed by atoms with Crippen molar-refractivity contribution in [2.24, 2.45) is 5.84 Å². The largest absolute Gasteiger partial charge is 0.463 e. The van der Waals surface area contributed by atoms with Crippen LogP contribution in [0.15, 0.2) is 0 Å². The number of aromatic nitrogens is 3. The van der Waals surface area contributed by atoms with Gasteiger partial charge in [-0.1, -0.05) is 6.92 Å². The molecule has 0 bridgehead atoms. The van der Waals surface area contributed by atoms with Gasteiger partial charge in [0.05, 0.1) is 19.3 Å². The average Bonchev–Trinajstić information content (AvgIpc) is 2.46. The SMILES string of the molecule is CCCOc1nc(NN)nc(NC2CCCOC2)n1. The van der Waals surface area contributed by atoms with Crippen molar-refractivity contribution in [2.75, 3.05) is 30.6 Å². The molecule has 8 heteroatoms. The second-order valence-electron chi connectivity index (χ2n) is 4.32. The molecule has 0 spiro atoms. The number of nitrogen functional groups attached to an aromatic ring is 1. The van der Waals surface area contributed by atoms with E-state index in [-0.39, 0.29) is 18.0 Å². The minimum atomic E-state index is 0.209. The molecular weight excluding hydrogens is 248 g/mol. The third-order valence-corrected chi connectivity index (χ3v) is 2.67. The molecule has 2 heterocycles. The molecule has 1 fully saturated rings. The van der Waals surface area contributed by atoms with Crippen molar-refractivity contribution in [2.45, 2.75) is 32.2 Å². The summed E-state index contributed by atoms with van der Waals surface area (Å²) in [5.74, 6) is 6.07. The Hall–Kier alpha value is -1.67. The van der Waals surface area contributed by atoms with Crippen LogP contribution in [0.5, 0.6) is 6.01 Å². The van der Waals surface area contributed by atoms with Gasteiger partial charge in [-0.2, -0.15) is 15.0 Å². The first kappa shape index (κ1) is 13.8. The molecule has 0 aromatic carbocycles. The molecule has 1 saturated heterocycles. The number of anilines is 2. The number of hydrogen-bond acceptors (Lipinski definition) is 8. The normalized spacial score (nSPS) is 18.9.